The van der Waals surface area contributed by atoms with E-state index < -0.39 is 4.92 Å². The maximum atomic E-state index is 13.6. The van der Waals surface area contributed by atoms with E-state index in [2.05, 4.69) is 21.2 Å². The molecule has 0 aliphatic rings. The Morgan fingerprint density at radius 1 is 1.24 bits per heavy atom. The molecule has 2 aromatic carbocycles. The number of nitrogens with one attached hydrogen (secondary N) is 1. The number of anilines is 1. The van der Waals surface area contributed by atoms with Gasteiger partial charge in [0.25, 0.3) is 5.69 Å². The normalized spacial score (nSPS) is 10.5. The molecule has 1 N–H and O–H groups in total. The summed E-state index contributed by atoms with van der Waals surface area (Å²) in [4.78, 5) is 10.1. The van der Waals surface area contributed by atoms with Gasteiger partial charge in [-0.25, -0.2) is 4.39 Å². The molecule has 0 heterocycles. The van der Waals surface area contributed by atoms with Crippen molar-refractivity contribution in [3.8, 4) is 0 Å². The minimum absolute atomic E-state index is 0.101. The summed E-state index contributed by atoms with van der Waals surface area (Å²) >= 11 is 15.2. The first-order valence-electron chi connectivity index (χ1n) is 5.69. The molecule has 0 aliphatic heterocycles. The Kier molecular flexibility index (Phi) is 5.03. The second kappa shape index (κ2) is 6.60. The van der Waals surface area contributed by atoms with Gasteiger partial charge in [0.1, 0.15) is 5.82 Å². The number of nitro groups is 1. The molecular formula is C13H8BrCl2FN2O2. The van der Waals surface area contributed by atoms with Crippen LogP contribution in [0.15, 0.2) is 34.8 Å². The Morgan fingerprint density at radius 2 is 1.86 bits per heavy atom. The van der Waals surface area contributed by atoms with Crippen molar-refractivity contribution < 1.29 is 9.31 Å². The van der Waals surface area contributed by atoms with Gasteiger partial charge in [0, 0.05) is 28.7 Å². The van der Waals surface area contributed by atoms with Crippen molar-refractivity contribution >= 4 is 50.5 Å². The molecule has 21 heavy (non-hydrogen) atoms. The van der Waals surface area contributed by atoms with Crippen LogP contribution in [-0.2, 0) is 6.54 Å². The van der Waals surface area contributed by atoms with Gasteiger partial charge in [0.05, 0.1) is 20.7 Å². The molecule has 0 amide bonds. The van der Waals surface area contributed by atoms with E-state index in [1.54, 1.807) is 12.1 Å². The van der Waals surface area contributed by atoms with Crippen molar-refractivity contribution in [2.24, 2.45) is 0 Å². The van der Waals surface area contributed by atoms with Crippen LogP contribution in [0.25, 0.3) is 0 Å². The summed E-state index contributed by atoms with van der Waals surface area (Å²) in [5.41, 5.74) is 0.530. The van der Waals surface area contributed by atoms with E-state index in [0.717, 1.165) is 4.47 Å². The van der Waals surface area contributed by atoms with E-state index in [9.17, 15) is 14.5 Å². The lowest BCUT2D eigenvalue weighted by atomic mass is 10.2. The van der Waals surface area contributed by atoms with Gasteiger partial charge >= 0.3 is 0 Å². The zero-order valence-electron chi connectivity index (χ0n) is 10.4. The second-order valence-electron chi connectivity index (χ2n) is 4.13. The molecule has 0 radical (unpaired) electrons. The molecule has 0 aliphatic carbocycles. The highest BCUT2D eigenvalue weighted by Crippen LogP contribution is 2.35. The van der Waals surface area contributed by atoms with E-state index in [1.165, 1.54) is 18.2 Å². The third-order valence-electron chi connectivity index (χ3n) is 2.70. The number of benzene rings is 2. The molecular weight excluding hydrogens is 386 g/mol. The summed E-state index contributed by atoms with van der Waals surface area (Å²) in [7, 11) is 0. The number of non-ortho nitro benzene ring substituents is 1. The molecule has 0 aromatic heterocycles. The molecule has 8 heteroatoms. The lowest BCUT2D eigenvalue weighted by Gasteiger charge is -2.11. The fourth-order valence-corrected chi connectivity index (χ4v) is 2.71. The van der Waals surface area contributed by atoms with Crippen LogP contribution < -0.4 is 5.32 Å². The standard InChI is InChI=1S/C13H8BrCl2FN2O2/c14-8-1-2-12(17)7(3-8)6-18-13-10(15)4-9(19(20)21)5-11(13)16/h1-5,18H,6H2. The molecule has 0 spiro atoms. The third-order valence-corrected chi connectivity index (χ3v) is 3.79. The summed E-state index contributed by atoms with van der Waals surface area (Å²) in [5.74, 6) is -0.375. The molecule has 0 fully saturated rings. The quantitative estimate of drug-likeness (QED) is 0.557. The first-order chi connectivity index (χ1) is 9.88. The van der Waals surface area contributed by atoms with Crippen molar-refractivity contribution in [2.45, 2.75) is 6.54 Å². The fourth-order valence-electron chi connectivity index (χ4n) is 1.70. The van der Waals surface area contributed by atoms with Crippen LogP contribution in [0.3, 0.4) is 0 Å². The monoisotopic (exact) mass is 392 g/mol. The maximum absolute atomic E-state index is 13.6. The minimum Gasteiger partial charge on any atom is -0.378 e. The van der Waals surface area contributed by atoms with E-state index in [4.69, 9.17) is 23.2 Å². The fraction of sp³-hybridized carbons (Fsp3) is 0.0769. The highest BCUT2D eigenvalue weighted by molar-refractivity contribution is 9.10. The third kappa shape index (κ3) is 3.84. The van der Waals surface area contributed by atoms with Crippen LogP contribution in [0.1, 0.15) is 5.56 Å². The van der Waals surface area contributed by atoms with E-state index in [-0.39, 0.29) is 28.1 Å². The molecule has 0 saturated heterocycles. The number of hydrogen-bond donors (Lipinski definition) is 1. The number of halogens is 4. The maximum Gasteiger partial charge on any atom is 0.272 e. The highest BCUT2D eigenvalue weighted by atomic mass is 79.9. The van der Waals surface area contributed by atoms with Crippen LogP contribution in [0.4, 0.5) is 15.8 Å². The Morgan fingerprint density at radius 3 is 2.43 bits per heavy atom. The molecule has 110 valence electrons. The van der Waals surface area contributed by atoms with Gasteiger partial charge in [0.2, 0.25) is 0 Å². The highest BCUT2D eigenvalue weighted by Gasteiger charge is 2.15. The summed E-state index contributed by atoms with van der Waals surface area (Å²) in [6, 6.07) is 6.92. The van der Waals surface area contributed by atoms with E-state index >= 15 is 0 Å². The van der Waals surface area contributed by atoms with E-state index in [0.29, 0.717) is 11.3 Å². The topological polar surface area (TPSA) is 55.2 Å². The minimum atomic E-state index is -0.588. The average molecular weight is 394 g/mol. The smallest absolute Gasteiger partial charge is 0.272 e. The SMILES string of the molecule is O=[N+]([O-])c1cc(Cl)c(NCc2cc(Br)ccc2F)c(Cl)c1. The molecule has 4 nitrogen and oxygen atoms in total. The summed E-state index contributed by atoms with van der Waals surface area (Å²) < 4.78 is 14.4. The first kappa shape index (κ1) is 16.0. The van der Waals surface area contributed by atoms with Gasteiger partial charge < -0.3 is 5.32 Å². The van der Waals surface area contributed by atoms with Gasteiger partial charge in [-0.1, -0.05) is 39.1 Å². The Balaban J connectivity index is 2.24. The largest absolute Gasteiger partial charge is 0.378 e. The Hall–Kier alpha value is -1.37. The van der Waals surface area contributed by atoms with Crippen LogP contribution in [0, 0.1) is 15.9 Å². The Labute approximate surface area is 138 Å². The predicted octanol–water partition coefficient (Wildman–Crippen LogP) is 5.42. The first-order valence-corrected chi connectivity index (χ1v) is 7.24. The van der Waals surface area contributed by atoms with Crippen LogP contribution in [-0.4, -0.2) is 4.92 Å². The molecule has 0 atom stereocenters. The lowest BCUT2D eigenvalue weighted by molar-refractivity contribution is -0.384. The molecule has 2 rings (SSSR count). The van der Waals surface area contributed by atoms with Crippen molar-refractivity contribution in [2.75, 3.05) is 5.32 Å². The zero-order chi connectivity index (χ0) is 15.6. The van der Waals surface area contributed by atoms with Crippen LogP contribution in [0.5, 0.6) is 0 Å². The van der Waals surface area contributed by atoms with Gasteiger partial charge in [-0.2, -0.15) is 0 Å². The Bertz CT molecular complexity index is 690. The number of nitro benzene ring substituents is 1. The van der Waals surface area contributed by atoms with Crippen LogP contribution in [0.2, 0.25) is 10.0 Å². The molecule has 2 aromatic rings. The second-order valence-corrected chi connectivity index (χ2v) is 5.86. The average Bonchev–Trinajstić information content (AvgIpc) is 2.41. The van der Waals surface area contributed by atoms with Gasteiger partial charge in [-0.05, 0) is 18.2 Å². The summed E-state index contributed by atoms with van der Waals surface area (Å²) in [6.45, 7) is 0.141. The van der Waals surface area contributed by atoms with Crippen molar-refractivity contribution in [3.63, 3.8) is 0 Å². The number of hydrogen-bond acceptors (Lipinski definition) is 3. The molecule has 0 saturated carbocycles. The molecule has 0 bridgehead atoms. The van der Waals surface area contributed by atoms with Crippen molar-refractivity contribution in [1.29, 1.82) is 0 Å². The van der Waals surface area contributed by atoms with Gasteiger partial charge in [0.15, 0.2) is 0 Å². The van der Waals surface area contributed by atoms with Crippen molar-refractivity contribution in [1.82, 2.24) is 0 Å². The van der Waals surface area contributed by atoms with Gasteiger partial charge in [-0.3, -0.25) is 10.1 Å². The zero-order valence-corrected chi connectivity index (χ0v) is 13.5. The van der Waals surface area contributed by atoms with Crippen LogP contribution >= 0.6 is 39.1 Å². The summed E-state index contributed by atoms with van der Waals surface area (Å²) in [5, 5.41) is 13.8. The summed E-state index contributed by atoms with van der Waals surface area (Å²) in [6.07, 6.45) is 0. The predicted molar refractivity (Wildman–Crippen MR) is 84.5 cm³/mol. The van der Waals surface area contributed by atoms with Crippen molar-refractivity contribution in [3.05, 3.63) is 66.3 Å². The number of rotatable bonds is 4. The molecule has 0 unspecified atom stereocenters. The lowest BCUT2D eigenvalue weighted by Crippen LogP contribution is -2.03. The number of nitrogens with zero attached hydrogens (tertiary/aromatic N) is 1. The van der Waals surface area contributed by atoms with Gasteiger partial charge in [-0.15, -0.1) is 0 Å². The van der Waals surface area contributed by atoms with E-state index in [1.807, 2.05) is 0 Å².